The van der Waals surface area contributed by atoms with Crippen LogP contribution in [0.3, 0.4) is 0 Å². The van der Waals surface area contributed by atoms with Crippen molar-refractivity contribution in [1.29, 1.82) is 0 Å². The van der Waals surface area contributed by atoms with Gasteiger partial charge in [-0.05, 0) is 57.3 Å². The fourth-order valence-electron chi connectivity index (χ4n) is 4.59. The fraction of sp³-hybridized carbons (Fsp3) is 0.850. The minimum absolute atomic E-state index is 0.132. The van der Waals surface area contributed by atoms with Crippen molar-refractivity contribution in [2.24, 2.45) is 17.3 Å². The van der Waals surface area contributed by atoms with Gasteiger partial charge in [-0.2, -0.15) is 0 Å². The third-order valence-corrected chi connectivity index (χ3v) is 6.02. The smallest absolute Gasteiger partial charge is 0.147 e. The number of carbonyl (C=O) groups is 1. The molecule has 0 saturated heterocycles. The van der Waals surface area contributed by atoms with Gasteiger partial charge in [0, 0.05) is 19.4 Å². The molecule has 23 heavy (non-hydrogen) atoms. The number of rotatable bonds is 8. The van der Waals surface area contributed by atoms with Gasteiger partial charge in [0.15, 0.2) is 0 Å². The van der Waals surface area contributed by atoms with Gasteiger partial charge in [0.1, 0.15) is 12.6 Å². The molecule has 0 aromatic rings. The highest BCUT2D eigenvalue weighted by Crippen LogP contribution is 2.53. The van der Waals surface area contributed by atoms with Crippen LogP contribution in [0, 0.1) is 17.3 Å². The average molecular weight is 322 g/mol. The van der Waals surface area contributed by atoms with Crippen molar-refractivity contribution in [1.82, 2.24) is 0 Å². The summed E-state index contributed by atoms with van der Waals surface area (Å²) in [6.45, 7) is 9.28. The molecule has 0 heterocycles. The van der Waals surface area contributed by atoms with Crippen LogP contribution in [0.25, 0.3) is 0 Å². The third-order valence-electron chi connectivity index (χ3n) is 6.02. The molecule has 0 aromatic carbocycles. The first kappa shape index (κ1) is 18.7. The number of fused-ring (bicyclic) bond motifs is 1. The lowest BCUT2D eigenvalue weighted by molar-refractivity contribution is -0.128. The van der Waals surface area contributed by atoms with Crippen LogP contribution in [0.15, 0.2) is 11.6 Å². The van der Waals surface area contributed by atoms with E-state index in [-0.39, 0.29) is 16.9 Å². The first-order valence-corrected chi connectivity index (χ1v) is 9.16. The highest BCUT2D eigenvalue weighted by atomic mass is 16.7. The lowest BCUT2D eigenvalue weighted by Crippen LogP contribution is -2.36. The van der Waals surface area contributed by atoms with Crippen molar-refractivity contribution in [2.75, 3.05) is 13.9 Å². The predicted molar refractivity (Wildman–Crippen MR) is 93.2 cm³/mol. The number of ether oxygens (including phenoxy) is 2. The molecular formula is C20H34O3. The van der Waals surface area contributed by atoms with Crippen LogP contribution < -0.4 is 0 Å². The second-order valence-corrected chi connectivity index (χ2v) is 8.29. The Morgan fingerprint density at radius 2 is 2.17 bits per heavy atom. The molecule has 0 aromatic heterocycles. The van der Waals surface area contributed by atoms with Gasteiger partial charge >= 0.3 is 0 Å². The Morgan fingerprint density at radius 1 is 1.43 bits per heavy atom. The Hall–Kier alpha value is -0.670. The Morgan fingerprint density at radius 3 is 2.87 bits per heavy atom. The first-order chi connectivity index (χ1) is 10.8. The van der Waals surface area contributed by atoms with Crippen LogP contribution in [-0.4, -0.2) is 25.3 Å². The largest absolute Gasteiger partial charge is 0.359 e. The highest BCUT2D eigenvalue weighted by molar-refractivity contribution is 5.84. The number of ketones is 1. The highest BCUT2D eigenvalue weighted by Gasteiger charge is 2.47. The van der Waals surface area contributed by atoms with Gasteiger partial charge in [-0.3, -0.25) is 4.79 Å². The molecule has 2 aliphatic carbocycles. The summed E-state index contributed by atoms with van der Waals surface area (Å²) in [4.78, 5) is 12.2. The molecule has 0 spiro atoms. The molecule has 132 valence electrons. The molecule has 0 bridgehead atoms. The van der Waals surface area contributed by atoms with E-state index in [0.29, 0.717) is 18.5 Å². The predicted octanol–water partition coefficient (Wildman–Crippen LogP) is 4.90. The molecule has 0 radical (unpaired) electrons. The van der Waals surface area contributed by atoms with Crippen molar-refractivity contribution in [3.8, 4) is 0 Å². The molecule has 3 unspecified atom stereocenters. The zero-order valence-electron chi connectivity index (χ0n) is 15.6. The Bertz CT molecular complexity index is 452. The number of methoxy groups -OCH3 is 1. The van der Waals surface area contributed by atoms with E-state index < -0.39 is 0 Å². The summed E-state index contributed by atoms with van der Waals surface area (Å²) >= 11 is 0. The lowest BCUT2D eigenvalue weighted by Gasteiger charge is -2.40. The fourth-order valence-corrected chi connectivity index (χ4v) is 4.59. The molecular weight excluding hydrogens is 288 g/mol. The van der Waals surface area contributed by atoms with Gasteiger partial charge in [-0.15, -0.1) is 0 Å². The van der Waals surface area contributed by atoms with Crippen molar-refractivity contribution >= 4 is 5.78 Å². The molecule has 0 N–H and O–H groups in total. The minimum Gasteiger partial charge on any atom is -0.359 e. The van der Waals surface area contributed by atoms with Crippen molar-refractivity contribution in [2.45, 2.75) is 78.2 Å². The van der Waals surface area contributed by atoms with Crippen molar-refractivity contribution in [3.63, 3.8) is 0 Å². The maximum absolute atomic E-state index is 12.2. The van der Waals surface area contributed by atoms with E-state index >= 15 is 0 Å². The summed E-state index contributed by atoms with van der Waals surface area (Å²) in [6, 6.07) is 0. The number of carbonyl (C=O) groups excluding carboxylic acids is 1. The normalized spacial score (nSPS) is 29.3. The standard InChI is InChI=1S/C20H34O3/c1-15(8-6-12-19(2,3)23-14-22-5)16-10-11-17-18(21)9-7-13-20(16,17)4/h10,15,17H,6-9,11-14H2,1-5H3. The molecule has 3 atom stereocenters. The number of Topliss-reactive ketones (excluding diaryl/α,β-unsaturated/α-hetero) is 1. The van der Waals surface area contributed by atoms with Crippen molar-refractivity contribution in [3.05, 3.63) is 11.6 Å². The summed E-state index contributed by atoms with van der Waals surface area (Å²) in [6.07, 6.45) is 9.73. The molecule has 3 nitrogen and oxygen atoms in total. The SMILES string of the molecule is COCOC(C)(C)CCCC(C)C1=CCC2C(=O)CCCC12C. The van der Waals surface area contributed by atoms with Crippen LogP contribution >= 0.6 is 0 Å². The second-order valence-electron chi connectivity index (χ2n) is 8.29. The maximum atomic E-state index is 12.2. The first-order valence-electron chi connectivity index (χ1n) is 9.16. The van der Waals surface area contributed by atoms with E-state index in [9.17, 15) is 4.79 Å². The van der Waals surface area contributed by atoms with Crippen LogP contribution in [0.2, 0.25) is 0 Å². The van der Waals surface area contributed by atoms with E-state index in [2.05, 4.69) is 33.8 Å². The van der Waals surface area contributed by atoms with E-state index in [0.717, 1.165) is 32.1 Å². The van der Waals surface area contributed by atoms with Crippen LogP contribution in [0.5, 0.6) is 0 Å². The Balaban J connectivity index is 1.87. The Kier molecular flexibility index (Phi) is 6.07. The quantitative estimate of drug-likeness (QED) is 0.471. The van der Waals surface area contributed by atoms with Gasteiger partial charge in [0.05, 0.1) is 5.60 Å². The molecule has 3 heteroatoms. The minimum atomic E-state index is -0.132. The maximum Gasteiger partial charge on any atom is 0.147 e. The van der Waals surface area contributed by atoms with Crippen LogP contribution in [0.1, 0.15) is 72.6 Å². The molecule has 0 amide bonds. The van der Waals surface area contributed by atoms with Gasteiger partial charge in [0.25, 0.3) is 0 Å². The zero-order valence-corrected chi connectivity index (χ0v) is 15.6. The summed E-state index contributed by atoms with van der Waals surface area (Å²) in [5, 5.41) is 0. The average Bonchev–Trinajstić information content (AvgIpc) is 2.83. The van der Waals surface area contributed by atoms with Gasteiger partial charge < -0.3 is 9.47 Å². The van der Waals surface area contributed by atoms with E-state index in [1.807, 2.05) is 0 Å². The van der Waals surface area contributed by atoms with E-state index in [4.69, 9.17) is 9.47 Å². The molecule has 1 saturated carbocycles. The number of allylic oxidation sites excluding steroid dienone is 2. The monoisotopic (exact) mass is 322 g/mol. The third kappa shape index (κ3) is 4.24. The van der Waals surface area contributed by atoms with E-state index in [1.165, 1.54) is 12.8 Å². The molecule has 2 rings (SSSR count). The number of hydrogen-bond donors (Lipinski definition) is 0. The topological polar surface area (TPSA) is 35.5 Å². The van der Waals surface area contributed by atoms with Crippen LogP contribution in [-0.2, 0) is 14.3 Å². The van der Waals surface area contributed by atoms with Gasteiger partial charge in [-0.25, -0.2) is 0 Å². The van der Waals surface area contributed by atoms with Gasteiger partial charge in [-0.1, -0.05) is 31.9 Å². The number of hydrogen-bond acceptors (Lipinski definition) is 3. The molecule has 0 aliphatic heterocycles. The zero-order chi connectivity index (χ0) is 17.1. The van der Waals surface area contributed by atoms with Crippen molar-refractivity contribution < 1.29 is 14.3 Å². The lowest BCUT2D eigenvalue weighted by atomic mass is 9.63. The second kappa shape index (κ2) is 7.48. The van der Waals surface area contributed by atoms with Crippen LogP contribution in [0.4, 0.5) is 0 Å². The molecule has 2 aliphatic rings. The summed E-state index contributed by atoms with van der Waals surface area (Å²) in [5.41, 5.74) is 1.55. The Labute approximate surface area is 141 Å². The van der Waals surface area contributed by atoms with E-state index in [1.54, 1.807) is 12.7 Å². The summed E-state index contributed by atoms with van der Waals surface area (Å²) in [7, 11) is 1.66. The summed E-state index contributed by atoms with van der Waals surface area (Å²) in [5.74, 6) is 1.32. The van der Waals surface area contributed by atoms with Gasteiger partial charge in [0.2, 0.25) is 0 Å². The molecule has 1 fully saturated rings. The summed E-state index contributed by atoms with van der Waals surface area (Å²) < 4.78 is 10.7.